The smallest absolute Gasteiger partial charge is 0.408 e. The van der Waals surface area contributed by atoms with Gasteiger partial charge in [-0.3, -0.25) is 57.5 Å². The maximum Gasteiger partial charge on any atom is 0.408 e. The normalized spacial score (nSPS) is 22.7. The van der Waals surface area contributed by atoms with Gasteiger partial charge in [0.1, 0.15) is 77.4 Å². The highest BCUT2D eigenvalue weighted by Crippen LogP contribution is 2.63. The van der Waals surface area contributed by atoms with E-state index in [1.807, 2.05) is 27.7 Å². The Hall–Kier alpha value is -13.0. The Labute approximate surface area is 800 Å². The number of carbonyl (C=O) groups is 15. The maximum absolute atomic E-state index is 15.6. The van der Waals surface area contributed by atoms with E-state index in [0.29, 0.717) is 40.6 Å². The second-order valence-corrected chi connectivity index (χ2v) is 39.2. The van der Waals surface area contributed by atoms with Gasteiger partial charge in [-0.15, -0.1) is 0 Å². The van der Waals surface area contributed by atoms with E-state index in [0.717, 1.165) is 0 Å². The molecule has 10 rings (SSSR count). The van der Waals surface area contributed by atoms with Gasteiger partial charge in [-0.1, -0.05) is 165 Å². The number of aliphatic hydroxyl groups is 4. The third kappa shape index (κ3) is 26.7. The molecule has 19 N–H and O–H groups in total. The number of hydrogen-bond donors (Lipinski definition) is 17. The molecule has 1 saturated heterocycles. The van der Waals surface area contributed by atoms with Crippen molar-refractivity contribution in [3.05, 3.63) is 185 Å². The van der Waals surface area contributed by atoms with E-state index in [4.69, 9.17) is 35.2 Å². The fourth-order valence-electron chi connectivity index (χ4n) is 18.6. The standard InChI is InChI=1S/C100H132N14O24/c1-53(2)41-61(86(102)122)37-38-63(42-54(3)4)108-90(126)70(45-64-49-103-52-106-64)110-76(118)50-105-92(128)79(55(5)6)113-87(123)57(8)107-89(125)69(44-62-48-104-66-34-25-24-33-65(62)66)112-88(124)67(39-40-74(101)116)111-91(127)68(43-58-27-18-15-19-28-58)109-75(117)35-26-36-77(119)136-82(80(59-29-20-16-21-30-59)114-95(131)138-96(9,10)11)94(130)135-71-47-100(133)85(137-93(129)60-31-22-17-23-32-60)83-98(14,72(115)46-73-99(83,132)51-134-73)84(121)81(120)78(56(71)7)97(100,12)13/h15-25,27-34,37-38,48-49,52-55,57,61,63,67-73,79-83,85,104,115,120,132-133H,26,35-36,39-47,50-51H2,1-14H3,(H2,101,116)(H2,102,122)(H,103,106)(H,105,128)(H,107,125)(H,108,126)(H,109,117)(H,110,118)(H,111,127)(H,112,124)(H,113,123)(H,114,131)/b38-37+/t57-,61-,63+,67-,68+,69-,70-,71-,72-,73+,79-,80-,81+,82+,83-,85-,98+,99-,100+/m0/s1. The number of aromatic nitrogens is 3. The number of ketones is 1. The molecule has 6 aromatic rings. The van der Waals surface area contributed by atoms with Crippen LogP contribution in [0.1, 0.15) is 194 Å². The van der Waals surface area contributed by atoms with E-state index in [2.05, 4.69) is 62.8 Å². The number of aliphatic hydroxyl groups excluding tert-OH is 2. The van der Waals surface area contributed by atoms with Crippen molar-refractivity contribution in [3.63, 3.8) is 0 Å². The van der Waals surface area contributed by atoms with Gasteiger partial charge >= 0.3 is 24.0 Å². The fraction of sp³-hybridized carbons (Fsp3) is 0.520. The number of esters is 3. The van der Waals surface area contributed by atoms with E-state index in [1.54, 1.807) is 150 Å². The molecular weight excluding hydrogens is 1780 g/mol. The number of rotatable bonds is 44. The van der Waals surface area contributed by atoms with Gasteiger partial charge in [0.25, 0.3) is 0 Å². The lowest BCUT2D eigenvalue weighted by molar-refractivity contribution is -0.343. The summed E-state index contributed by atoms with van der Waals surface area (Å²) >= 11 is 0. The first-order chi connectivity index (χ1) is 65.0. The van der Waals surface area contributed by atoms with Crippen molar-refractivity contribution < 1.29 is 116 Å². The van der Waals surface area contributed by atoms with Gasteiger partial charge in [0.2, 0.25) is 65.2 Å². The van der Waals surface area contributed by atoms with Crippen molar-refractivity contribution in [2.45, 2.75) is 276 Å². The van der Waals surface area contributed by atoms with Crippen LogP contribution in [-0.2, 0) is 105 Å². The van der Waals surface area contributed by atoms with Crippen molar-refractivity contribution in [2.24, 2.45) is 51.9 Å². The molecule has 3 heterocycles. The van der Waals surface area contributed by atoms with Crippen molar-refractivity contribution >= 4 is 99.8 Å². The molecule has 11 amide bonds. The zero-order valence-electron chi connectivity index (χ0n) is 80.3. The summed E-state index contributed by atoms with van der Waals surface area (Å²) in [7, 11) is 0. The first-order valence-corrected chi connectivity index (χ1v) is 46.6. The van der Waals surface area contributed by atoms with Crippen molar-refractivity contribution in [1.82, 2.24) is 62.8 Å². The lowest BCUT2D eigenvalue weighted by Gasteiger charge is -2.66. The van der Waals surface area contributed by atoms with Crippen LogP contribution >= 0.6 is 0 Å². The average molecular weight is 1910 g/mol. The molecule has 746 valence electrons. The minimum Gasteiger partial charge on any atom is -0.455 e. The number of primary amides is 2. The Morgan fingerprint density at radius 3 is 1.86 bits per heavy atom. The Bertz CT molecular complexity index is 5430. The second-order valence-electron chi connectivity index (χ2n) is 39.2. The molecule has 4 aromatic carbocycles. The number of aromatic amines is 2. The summed E-state index contributed by atoms with van der Waals surface area (Å²) in [6.45, 7) is 21.7. The number of amides is 11. The number of ether oxygens (including phenoxy) is 5. The van der Waals surface area contributed by atoms with Crippen LogP contribution in [-0.4, -0.2) is 233 Å². The molecule has 0 spiro atoms. The van der Waals surface area contributed by atoms with Crippen molar-refractivity contribution in [1.29, 1.82) is 0 Å². The van der Waals surface area contributed by atoms with Crippen LogP contribution in [0, 0.1) is 40.4 Å². The lowest BCUT2D eigenvalue weighted by Crippen LogP contribution is -2.81. The predicted molar refractivity (Wildman–Crippen MR) is 502 cm³/mol. The highest BCUT2D eigenvalue weighted by Gasteiger charge is 2.76. The summed E-state index contributed by atoms with van der Waals surface area (Å²) in [6, 6.07) is 19.7. The van der Waals surface area contributed by atoms with Crippen LogP contribution in [0.2, 0.25) is 0 Å². The molecule has 2 saturated carbocycles. The number of imidazole rings is 1. The number of hydrogen-bond acceptors (Lipinski definition) is 25. The molecule has 0 unspecified atom stereocenters. The number of carbonyl (C=O) groups excluding carboxylic acids is 15. The summed E-state index contributed by atoms with van der Waals surface area (Å²) in [5, 5.41) is 76.0. The summed E-state index contributed by atoms with van der Waals surface area (Å²) in [5.41, 5.74) is 3.68. The zero-order valence-corrected chi connectivity index (χ0v) is 80.3. The number of nitrogens with zero attached hydrogens (tertiary/aromatic N) is 1. The molecule has 19 atom stereocenters. The minimum atomic E-state index is -2.55. The Morgan fingerprint density at radius 2 is 1.25 bits per heavy atom. The topological polar surface area (TPSA) is 588 Å². The molecule has 38 heteroatoms. The van der Waals surface area contributed by atoms with E-state index in [-0.39, 0.29) is 66.2 Å². The molecule has 138 heavy (non-hydrogen) atoms. The zero-order chi connectivity index (χ0) is 101. The number of benzene rings is 4. The molecule has 2 aromatic heterocycles. The number of nitrogens with one attached hydrogen (secondary N) is 11. The van der Waals surface area contributed by atoms with Gasteiger partial charge in [-0.2, -0.15) is 0 Å². The van der Waals surface area contributed by atoms with Gasteiger partial charge in [-0.05, 0) is 131 Å². The lowest BCUT2D eigenvalue weighted by atomic mass is 9.44. The molecule has 3 fully saturated rings. The van der Waals surface area contributed by atoms with E-state index >= 15 is 14.4 Å². The summed E-state index contributed by atoms with van der Waals surface area (Å²) in [6.07, 6.45) is -7.11. The number of alkyl carbamates (subject to hydrolysis) is 1. The number of nitrogens with two attached hydrogens (primary N) is 2. The highest BCUT2D eigenvalue weighted by atomic mass is 16.6. The van der Waals surface area contributed by atoms with Crippen LogP contribution in [0.15, 0.2) is 157 Å². The van der Waals surface area contributed by atoms with Crippen LogP contribution in [0.5, 0.6) is 0 Å². The molecule has 0 radical (unpaired) electrons. The number of fused-ring (bicyclic) bond motifs is 6. The summed E-state index contributed by atoms with van der Waals surface area (Å²) < 4.78 is 30.3. The Morgan fingerprint density at radius 1 is 0.645 bits per heavy atom. The largest absolute Gasteiger partial charge is 0.455 e. The molecular formula is C100H132N14O24. The third-order valence-corrected chi connectivity index (χ3v) is 26.0. The molecule has 1 aliphatic heterocycles. The quantitative estimate of drug-likeness (QED) is 0.0142. The summed E-state index contributed by atoms with van der Waals surface area (Å²) in [5.74, 6) is -15.6. The first-order valence-electron chi connectivity index (χ1n) is 46.6. The molecule has 38 nitrogen and oxygen atoms in total. The fourth-order valence-corrected chi connectivity index (χ4v) is 18.6. The highest BCUT2D eigenvalue weighted by molar-refractivity contribution is 5.99. The maximum atomic E-state index is 15.6. The van der Waals surface area contributed by atoms with Crippen LogP contribution in [0.25, 0.3) is 10.9 Å². The molecule has 3 aliphatic carbocycles. The van der Waals surface area contributed by atoms with Crippen molar-refractivity contribution in [3.8, 4) is 0 Å². The Kier molecular flexibility index (Phi) is 36.0. The first kappa shape index (κ1) is 107. The minimum absolute atomic E-state index is 0.00497. The SMILES string of the molecule is CC1=C2[C@@H](O)C(=O)[C@@]3(C)[C@H]([C@H](OC(=O)c4ccccc4)[C@](O)(C[C@@H]1OC(=O)[C@H](OC(=O)CCCC(=O)N[C@H](Cc1ccccc1)C(=O)N[C@@H](CCC(N)=O)C(=O)N[C@@H](Cc1c[nH]c4ccccc14)C(=O)N[C@@H](C)C(=O)N[C@H](C(=O)NCC(=O)N[C@@H](Cc1c[nH]cn1)C(=O)N[C@H](/C=C/[C@@H](CC(C)C)C(N)=O)CC(C)C)C(C)C)[C@@H](NC(=O)OC(C)(C)C)c1ccccc1)C2(C)C)[C@]1(O)CO[C@@H]1C[C@@H]3O. The molecule has 4 aliphatic rings. The Balaban J connectivity index is 0.846. The van der Waals surface area contributed by atoms with Gasteiger partial charge in [0.05, 0.1) is 54.3 Å². The van der Waals surface area contributed by atoms with E-state index in [1.165, 1.54) is 65.2 Å². The number of para-hydroxylation sites is 1. The van der Waals surface area contributed by atoms with Crippen LogP contribution in [0.4, 0.5) is 4.79 Å². The second kappa shape index (κ2) is 46.4. The van der Waals surface area contributed by atoms with Gasteiger partial charge in [0, 0.05) is 92.0 Å². The van der Waals surface area contributed by atoms with E-state index in [9.17, 15) is 78.0 Å². The predicted octanol–water partition coefficient (Wildman–Crippen LogP) is 4.54. The van der Waals surface area contributed by atoms with Crippen LogP contribution in [0.3, 0.4) is 0 Å². The number of Topliss-reactive ketones (excluding diaryl/α,β-unsaturated/α-hetero) is 1. The van der Waals surface area contributed by atoms with Gasteiger partial charge in [-0.25, -0.2) is 19.4 Å². The monoisotopic (exact) mass is 1910 g/mol. The summed E-state index contributed by atoms with van der Waals surface area (Å²) in [4.78, 5) is 225. The average Bonchev–Trinajstić information content (AvgIpc) is 0.747. The van der Waals surface area contributed by atoms with Gasteiger partial charge in [0.15, 0.2) is 5.78 Å². The van der Waals surface area contributed by atoms with Gasteiger partial charge < -0.3 is 113 Å². The molecule has 2 bridgehead atoms. The van der Waals surface area contributed by atoms with Crippen molar-refractivity contribution in [2.75, 3.05) is 13.2 Å². The third-order valence-electron chi connectivity index (χ3n) is 26.0. The van der Waals surface area contributed by atoms with E-state index < -0.39 is 264 Å². The van der Waals surface area contributed by atoms with Crippen LogP contribution < -0.4 is 59.3 Å². The number of H-pyrrole nitrogens is 2.